The summed E-state index contributed by atoms with van der Waals surface area (Å²) in [5.74, 6) is -3.04. The summed E-state index contributed by atoms with van der Waals surface area (Å²) in [5, 5.41) is 0. The molecule has 0 amide bonds. The first kappa shape index (κ1) is 32.7. The SMILES string of the molecule is C.C.C.C.COCOC(=O)CC(=O)OCOC(=O)c1ccc(C(=O)OC)cc1. The average Bonchev–Trinajstić information content (AvgIpc) is 2.59. The van der Waals surface area contributed by atoms with Gasteiger partial charge in [-0.1, -0.05) is 29.7 Å². The zero-order valence-corrected chi connectivity index (χ0v) is 13.1. The first-order valence-corrected chi connectivity index (χ1v) is 6.63. The second-order valence-electron chi connectivity index (χ2n) is 4.23. The van der Waals surface area contributed by atoms with E-state index in [1.165, 1.54) is 38.5 Å². The molecule has 0 saturated carbocycles. The van der Waals surface area contributed by atoms with Crippen molar-refractivity contribution >= 4 is 23.9 Å². The summed E-state index contributed by atoms with van der Waals surface area (Å²) in [5.41, 5.74) is 0.424. The highest BCUT2D eigenvalue weighted by Crippen LogP contribution is 2.07. The van der Waals surface area contributed by atoms with Crippen LogP contribution in [0.2, 0.25) is 0 Å². The summed E-state index contributed by atoms with van der Waals surface area (Å²) in [4.78, 5) is 45.3. The molecule has 0 heterocycles. The summed E-state index contributed by atoms with van der Waals surface area (Å²) in [6, 6.07) is 5.50. The molecule has 28 heavy (non-hydrogen) atoms. The largest absolute Gasteiger partial charge is 0.465 e. The van der Waals surface area contributed by atoms with Crippen molar-refractivity contribution in [1.29, 1.82) is 0 Å². The van der Waals surface area contributed by atoms with Gasteiger partial charge >= 0.3 is 23.9 Å². The highest BCUT2D eigenvalue weighted by Gasteiger charge is 2.14. The minimum atomic E-state index is -0.912. The molecular formula is C19H32O9. The van der Waals surface area contributed by atoms with Crippen molar-refractivity contribution in [2.45, 2.75) is 36.1 Å². The normalized spacial score (nSPS) is 8.36. The van der Waals surface area contributed by atoms with Gasteiger partial charge in [0.15, 0.2) is 6.79 Å². The van der Waals surface area contributed by atoms with E-state index in [1.807, 2.05) is 0 Å². The Labute approximate surface area is 166 Å². The molecule has 162 valence electrons. The molecule has 9 nitrogen and oxygen atoms in total. The Morgan fingerprint density at radius 3 is 1.54 bits per heavy atom. The van der Waals surface area contributed by atoms with Crippen molar-refractivity contribution in [3.8, 4) is 0 Å². The smallest absolute Gasteiger partial charge is 0.340 e. The second-order valence-corrected chi connectivity index (χ2v) is 4.23. The van der Waals surface area contributed by atoms with Gasteiger partial charge in [0.1, 0.15) is 6.42 Å². The maximum atomic E-state index is 11.7. The lowest BCUT2D eigenvalue weighted by atomic mass is 10.1. The predicted molar refractivity (Wildman–Crippen MR) is 104 cm³/mol. The van der Waals surface area contributed by atoms with Crippen molar-refractivity contribution in [3.63, 3.8) is 0 Å². The molecule has 0 atom stereocenters. The molecule has 1 rings (SSSR count). The van der Waals surface area contributed by atoms with E-state index in [0.29, 0.717) is 0 Å². The summed E-state index contributed by atoms with van der Waals surface area (Å²) in [6.07, 6.45) is -0.630. The van der Waals surface area contributed by atoms with Crippen molar-refractivity contribution in [2.24, 2.45) is 0 Å². The number of carbonyl (C=O) groups is 4. The first-order chi connectivity index (χ1) is 11.5. The van der Waals surface area contributed by atoms with Gasteiger partial charge in [0, 0.05) is 7.11 Å². The van der Waals surface area contributed by atoms with Gasteiger partial charge in [-0.15, -0.1) is 0 Å². The number of methoxy groups -OCH3 is 2. The van der Waals surface area contributed by atoms with Gasteiger partial charge in [-0.25, -0.2) is 9.59 Å². The Kier molecular flexibility index (Phi) is 20.4. The number of hydrogen-bond donors (Lipinski definition) is 0. The van der Waals surface area contributed by atoms with E-state index in [-0.39, 0.29) is 47.6 Å². The van der Waals surface area contributed by atoms with Crippen LogP contribution in [0.3, 0.4) is 0 Å². The van der Waals surface area contributed by atoms with E-state index in [1.54, 1.807) is 0 Å². The monoisotopic (exact) mass is 404 g/mol. The molecule has 0 radical (unpaired) electrons. The predicted octanol–water partition coefficient (Wildman–Crippen LogP) is 3.21. The quantitative estimate of drug-likeness (QED) is 0.279. The van der Waals surface area contributed by atoms with Gasteiger partial charge < -0.3 is 23.7 Å². The zero-order chi connectivity index (χ0) is 17.9. The van der Waals surface area contributed by atoms with Gasteiger partial charge in [0.25, 0.3) is 0 Å². The van der Waals surface area contributed by atoms with E-state index in [2.05, 4.69) is 18.9 Å². The zero-order valence-electron chi connectivity index (χ0n) is 13.1. The maximum absolute atomic E-state index is 11.7. The van der Waals surface area contributed by atoms with Crippen molar-refractivity contribution in [1.82, 2.24) is 0 Å². The molecule has 0 aliphatic heterocycles. The highest BCUT2D eigenvalue weighted by atomic mass is 16.7. The van der Waals surface area contributed by atoms with Gasteiger partial charge in [0.05, 0.1) is 18.2 Å². The van der Waals surface area contributed by atoms with Gasteiger partial charge in [-0.05, 0) is 24.3 Å². The molecule has 0 fully saturated rings. The highest BCUT2D eigenvalue weighted by molar-refractivity contribution is 5.93. The number of rotatable bonds is 8. The van der Waals surface area contributed by atoms with Gasteiger partial charge in [0.2, 0.25) is 6.79 Å². The van der Waals surface area contributed by atoms with E-state index < -0.39 is 37.1 Å². The van der Waals surface area contributed by atoms with E-state index in [4.69, 9.17) is 4.74 Å². The van der Waals surface area contributed by atoms with Crippen LogP contribution in [0.25, 0.3) is 0 Å². The van der Waals surface area contributed by atoms with E-state index in [9.17, 15) is 19.2 Å². The molecule has 1 aromatic carbocycles. The van der Waals surface area contributed by atoms with Crippen molar-refractivity contribution < 1.29 is 42.9 Å². The fraction of sp³-hybridized carbons (Fsp3) is 0.474. The molecule has 0 N–H and O–H groups in total. The summed E-state index contributed by atoms with van der Waals surface area (Å²) in [7, 11) is 2.56. The van der Waals surface area contributed by atoms with Gasteiger partial charge in [-0.2, -0.15) is 0 Å². The molecular weight excluding hydrogens is 372 g/mol. The third-order valence-electron chi connectivity index (χ3n) is 2.58. The fourth-order valence-corrected chi connectivity index (χ4v) is 1.44. The number of hydrogen-bond acceptors (Lipinski definition) is 9. The lowest BCUT2D eigenvalue weighted by molar-refractivity contribution is -0.164. The van der Waals surface area contributed by atoms with Crippen LogP contribution in [-0.2, 0) is 33.3 Å². The van der Waals surface area contributed by atoms with Crippen molar-refractivity contribution in [3.05, 3.63) is 35.4 Å². The third kappa shape index (κ3) is 11.6. The van der Waals surface area contributed by atoms with Crippen LogP contribution in [0.15, 0.2) is 24.3 Å². The minimum Gasteiger partial charge on any atom is -0.465 e. The number of ether oxygens (including phenoxy) is 5. The Morgan fingerprint density at radius 2 is 1.11 bits per heavy atom. The van der Waals surface area contributed by atoms with Crippen molar-refractivity contribution in [2.75, 3.05) is 27.8 Å². The molecule has 0 spiro atoms. The lowest BCUT2D eigenvalue weighted by Gasteiger charge is -2.07. The van der Waals surface area contributed by atoms with E-state index >= 15 is 0 Å². The molecule has 0 unspecified atom stereocenters. The molecule has 0 aromatic heterocycles. The fourth-order valence-electron chi connectivity index (χ4n) is 1.44. The molecule has 0 aliphatic rings. The van der Waals surface area contributed by atoms with Crippen LogP contribution < -0.4 is 0 Å². The molecule has 0 aliphatic carbocycles. The third-order valence-corrected chi connectivity index (χ3v) is 2.58. The molecule has 1 aromatic rings. The van der Waals surface area contributed by atoms with Gasteiger partial charge in [-0.3, -0.25) is 9.59 Å². The minimum absolute atomic E-state index is 0. The van der Waals surface area contributed by atoms with Crippen LogP contribution in [0, 0.1) is 0 Å². The van der Waals surface area contributed by atoms with Crippen LogP contribution >= 0.6 is 0 Å². The average molecular weight is 404 g/mol. The summed E-state index contributed by atoms with van der Waals surface area (Å²) in [6.45, 7) is -0.934. The van der Waals surface area contributed by atoms with E-state index in [0.717, 1.165) is 0 Å². The Hall–Kier alpha value is -2.94. The Bertz CT molecular complexity index is 594. The summed E-state index contributed by atoms with van der Waals surface area (Å²) >= 11 is 0. The lowest BCUT2D eigenvalue weighted by Crippen LogP contribution is -2.17. The summed E-state index contributed by atoms with van der Waals surface area (Å²) < 4.78 is 22.8. The Balaban J connectivity index is -0.000000720. The molecule has 0 bridgehead atoms. The number of carbonyl (C=O) groups excluding carboxylic acids is 4. The van der Waals surface area contributed by atoms with Crippen LogP contribution in [0.1, 0.15) is 56.8 Å². The molecule has 9 heteroatoms. The first-order valence-electron chi connectivity index (χ1n) is 6.63. The second kappa shape index (κ2) is 17.5. The topological polar surface area (TPSA) is 114 Å². The number of benzene rings is 1. The molecule has 0 saturated heterocycles. The van der Waals surface area contributed by atoms with Crippen LogP contribution in [0.4, 0.5) is 0 Å². The number of esters is 4. The Morgan fingerprint density at radius 1 is 0.679 bits per heavy atom. The van der Waals surface area contributed by atoms with Crippen LogP contribution in [-0.4, -0.2) is 51.7 Å². The standard InChI is InChI=1S/C15H16O9.4CH4/c1-20-8-22-12(16)7-13(17)23-9-24-15(19)11-5-3-10(4-6-11)14(18)21-2;;;;/h3-6H,7-9H2,1-2H3;4*1H4. The van der Waals surface area contributed by atoms with Crippen LogP contribution in [0.5, 0.6) is 0 Å². The maximum Gasteiger partial charge on any atom is 0.340 e.